The number of esters is 6. The van der Waals surface area contributed by atoms with Crippen LogP contribution in [-0.4, -0.2) is 265 Å². The molecule has 23 nitrogen and oxygen atoms in total. The molecule has 0 aliphatic rings. The predicted molar refractivity (Wildman–Crippen MR) is 511 cm³/mol. The Morgan fingerprint density at radius 2 is 0.614 bits per heavy atom. The molecule has 6 rings (SSSR count). The molecule has 0 radical (unpaired) electrons. The summed E-state index contributed by atoms with van der Waals surface area (Å²) in [5, 5.41) is 30.2. The van der Waals surface area contributed by atoms with Crippen LogP contribution in [0.1, 0.15) is 162 Å². The molecule has 127 heavy (non-hydrogen) atoms. The lowest BCUT2D eigenvalue weighted by atomic mass is 9.78. The molecule has 6 aromatic carbocycles. The molecule has 0 saturated carbocycles. The maximum absolute atomic E-state index is 12.4. The lowest BCUT2D eigenvalue weighted by Gasteiger charge is -2.27. The number of hydrogen-bond acceptors (Lipinski definition) is 23. The molecule has 0 saturated heterocycles. The van der Waals surface area contributed by atoms with Crippen molar-refractivity contribution >= 4 is 134 Å². The van der Waals surface area contributed by atoms with E-state index >= 15 is 0 Å². The van der Waals surface area contributed by atoms with Crippen molar-refractivity contribution in [2.75, 3.05) is 157 Å². The Bertz CT molecular complexity index is 3960. The SMILES string of the molecule is CC(C)(c1ccc(CCC(CCl)OC(=O)CCCl)cc1)c1ccc(OCC(COC(=O)CCCl)OC(=O)CCCl)cc1.CC(C)(c1ccc(CCC(O)CCl)cc1)c1ccc(OCC(O)CO)cc1.CN(C)CCC(=O)OCC(COc1ccc(C(C)(C)c2ccc(CCC(CCl)OC(=O)CCN(C)C)cc2)cc1)OC(=O)CCN(C)C.CNC.O=C(Cl)CCCCl. The zero-order valence-electron chi connectivity index (χ0n) is 76.3. The number of carbonyl (C=O) groups is 7. The van der Waals surface area contributed by atoms with Crippen molar-refractivity contribution in [1.82, 2.24) is 20.0 Å². The molecule has 0 spiro atoms. The lowest BCUT2D eigenvalue weighted by molar-refractivity contribution is -0.161. The van der Waals surface area contributed by atoms with E-state index in [4.69, 9.17) is 141 Å². The molecule has 0 fully saturated rings. The maximum Gasteiger partial charge on any atom is 0.307 e. The van der Waals surface area contributed by atoms with E-state index in [2.05, 4.69) is 120 Å². The summed E-state index contributed by atoms with van der Waals surface area (Å²) < 4.78 is 49.7. The van der Waals surface area contributed by atoms with Gasteiger partial charge in [0.05, 0.1) is 63.0 Å². The number of carbonyl (C=O) groups excluding carboxylic acids is 7. The Morgan fingerprint density at radius 3 is 0.882 bits per heavy atom. The van der Waals surface area contributed by atoms with Gasteiger partial charge in [-0.3, -0.25) is 33.6 Å². The van der Waals surface area contributed by atoms with Crippen molar-refractivity contribution in [2.45, 2.75) is 184 Å². The molecule has 0 bridgehead atoms. The van der Waals surface area contributed by atoms with E-state index in [1.807, 2.05) is 144 Å². The fraction of sp³-hybridized carbons (Fsp3) is 0.552. The standard InChI is InChI=1S/C37H56ClN3O7.C31H38Cl4O7.C22H29ClO4.C4H6Cl2O.C2H7N/c1-37(2,29-12-9-28(10-13-29)11-16-32(25-38)47-35(43)20-23-40(5)6)30-14-17-31(18-15-30)45-26-33(48-36(44)21-24-41(7)8)27-46-34(42)19-22-39(3)4;1-31(2,23-6-3-22(4-7-23)5-10-26(19-35)41-29(37)14-17-33)24-8-11-25(12-9-24)39-20-27(42-30(38)15-18-34)21-40-28(36)13-16-32;1-22(2,17-6-3-16(4-7-17)5-10-19(25)13-23)18-8-11-21(12-9-18)27-15-20(26)14-24;5-3-1-2-4(6)7;1-3-2/h9-10,12-15,17-18,32-33H,11,16,19-27H2,1-8H3;3-4,6-9,11-12,26-27H,5,10,13-21H2,1-2H3;3-4,6-9,11-12,19-20,24-26H,5,10,13-15H2,1-2H3;1-3H2;3H,1-2H3. The first-order chi connectivity index (χ1) is 60.4. The highest BCUT2D eigenvalue weighted by molar-refractivity contribution is 6.63. The van der Waals surface area contributed by atoms with Crippen LogP contribution >= 0.6 is 92.8 Å². The van der Waals surface area contributed by atoms with Crippen LogP contribution in [0.3, 0.4) is 0 Å². The molecule has 6 unspecified atom stereocenters. The fourth-order valence-corrected chi connectivity index (χ4v) is 13.1. The Balaban J connectivity index is 0.000000628. The first kappa shape index (κ1) is 116. The van der Waals surface area contributed by atoms with Crippen molar-refractivity contribution in [1.29, 1.82) is 0 Å². The summed E-state index contributed by atoms with van der Waals surface area (Å²) >= 11 is 44.7. The summed E-state index contributed by atoms with van der Waals surface area (Å²) in [6.45, 7) is 14.3. The van der Waals surface area contributed by atoms with Crippen molar-refractivity contribution in [3.05, 3.63) is 196 Å². The number of alkyl halides is 7. The van der Waals surface area contributed by atoms with Crippen molar-refractivity contribution in [3.63, 3.8) is 0 Å². The molecule has 0 aromatic heterocycles. The van der Waals surface area contributed by atoms with Crippen LogP contribution < -0.4 is 19.5 Å². The molecule has 0 aliphatic carbocycles. The zero-order chi connectivity index (χ0) is 94.9. The molecular weight excluding hydrogens is 1800 g/mol. The number of benzene rings is 6. The van der Waals surface area contributed by atoms with E-state index in [1.54, 1.807) is 0 Å². The van der Waals surface area contributed by atoms with Gasteiger partial charge in [0.15, 0.2) is 12.2 Å². The minimum absolute atomic E-state index is 0.00284. The molecule has 0 amide bonds. The average Bonchev–Trinajstić information content (AvgIpc) is 0.812. The van der Waals surface area contributed by atoms with Crippen LogP contribution in [0.15, 0.2) is 146 Å². The van der Waals surface area contributed by atoms with Gasteiger partial charge in [0, 0.05) is 71.7 Å². The van der Waals surface area contributed by atoms with Gasteiger partial charge in [-0.2, -0.15) is 0 Å². The van der Waals surface area contributed by atoms with Gasteiger partial charge in [0.25, 0.3) is 0 Å². The first-order valence-corrected chi connectivity index (χ1v) is 46.7. The van der Waals surface area contributed by atoms with E-state index in [-0.39, 0.29) is 165 Å². The molecule has 0 aliphatic heterocycles. The lowest BCUT2D eigenvalue weighted by Crippen LogP contribution is -2.32. The predicted octanol–water partition coefficient (Wildman–Crippen LogP) is 16.5. The van der Waals surface area contributed by atoms with Gasteiger partial charge in [-0.15, -0.1) is 81.2 Å². The number of rotatable bonds is 54. The fourth-order valence-electron chi connectivity index (χ4n) is 11.8. The Morgan fingerprint density at radius 1 is 0.346 bits per heavy atom. The van der Waals surface area contributed by atoms with Gasteiger partial charge >= 0.3 is 35.8 Å². The number of nitrogens with zero attached hydrogens (tertiary/aromatic N) is 3. The summed E-state index contributed by atoms with van der Waals surface area (Å²) in [4.78, 5) is 87.7. The van der Waals surface area contributed by atoms with Crippen LogP contribution in [0.4, 0.5) is 0 Å². The smallest absolute Gasteiger partial charge is 0.307 e. The van der Waals surface area contributed by atoms with Gasteiger partial charge in [-0.25, -0.2) is 0 Å². The number of hydrogen-bond donors (Lipinski definition) is 4. The van der Waals surface area contributed by atoms with Gasteiger partial charge in [-0.05, 0) is 199 Å². The number of aliphatic hydroxyl groups is 3. The molecule has 4 N–H and O–H groups in total. The molecular formula is C96H136Cl8N4O19. The highest BCUT2D eigenvalue weighted by atomic mass is 35.5. The Hall–Kier alpha value is -6.75. The number of nitrogens with one attached hydrogen (secondary N) is 1. The second-order valence-electron chi connectivity index (χ2n) is 32.5. The Kier molecular flexibility index (Phi) is 60.2. The van der Waals surface area contributed by atoms with Crippen LogP contribution in [-0.2, 0) is 97.5 Å². The third-order valence-electron chi connectivity index (χ3n) is 19.8. The third-order valence-corrected chi connectivity index (χ3v) is 21.9. The summed E-state index contributed by atoms with van der Waals surface area (Å²) in [6, 6.07) is 48.6. The van der Waals surface area contributed by atoms with E-state index in [1.165, 1.54) is 11.1 Å². The molecule has 6 atom stereocenters. The van der Waals surface area contributed by atoms with Crippen molar-refractivity contribution in [2.24, 2.45) is 0 Å². The van der Waals surface area contributed by atoms with Gasteiger partial charge in [-0.1, -0.05) is 151 Å². The number of aliphatic hydroxyl groups excluding tert-OH is 3. The van der Waals surface area contributed by atoms with Crippen molar-refractivity contribution < 1.29 is 91.5 Å². The van der Waals surface area contributed by atoms with Gasteiger partial charge in [0.1, 0.15) is 68.6 Å². The molecule has 6 aromatic rings. The third kappa shape index (κ3) is 49.9. The van der Waals surface area contributed by atoms with Crippen LogP contribution in [0.2, 0.25) is 0 Å². The first-order valence-electron chi connectivity index (χ1n) is 42.5. The summed E-state index contributed by atoms with van der Waals surface area (Å²) in [6.07, 6.45) is 2.91. The van der Waals surface area contributed by atoms with Crippen LogP contribution in [0.25, 0.3) is 0 Å². The van der Waals surface area contributed by atoms with E-state index in [0.29, 0.717) is 81.3 Å². The van der Waals surface area contributed by atoms with Crippen LogP contribution in [0.5, 0.6) is 17.2 Å². The summed E-state index contributed by atoms with van der Waals surface area (Å²) in [5.74, 6) is 1.37. The highest BCUT2D eigenvalue weighted by Gasteiger charge is 2.29. The van der Waals surface area contributed by atoms with E-state index in [9.17, 15) is 43.8 Å². The number of ether oxygens (including phenoxy) is 9. The molecule has 0 heterocycles. The highest BCUT2D eigenvalue weighted by Crippen LogP contribution is 2.36. The van der Waals surface area contributed by atoms with Crippen LogP contribution in [0, 0.1) is 0 Å². The van der Waals surface area contributed by atoms with Crippen molar-refractivity contribution in [3.8, 4) is 17.2 Å². The summed E-state index contributed by atoms with van der Waals surface area (Å²) in [5.41, 5.74) is 9.56. The summed E-state index contributed by atoms with van der Waals surface area (Å²) in [7, 11) is 15.1. The van der Waals surface area contributed by atoms with E-state index in [0.717, 1.165) is 58.2 Å². The minimum atomic E-state index is -0.870. The molecule has 710 valence electrons. The maximum atomic E-state index is 12.4. The Labute approximate surface area is 793 Å². The largest absolute Gasteiger partial charge is 0.491 e. The minimum Gasteiger partial charge on any atom is -0.491 e. The zero-order valence-corrected chi connectivity index (χ0v) is 82.3. The number of halogens is 8. The average molecular weight is 1930 g/mol. The second kappa shape index (κ2) is 65.8. The number of aryl methyl sites for hydroxylation is 3. The van der Waals surface area contributed by atoms with Gasteiger partial charge in [0.2, 0.25) is 5.24 Å². The second-order valence-corrected chi connectivity index (χ2v) is 35.3. The van der Waals surface area contributed by atoms with Gasteiger partial charge < -0.3 is 78.0 Å². The topological polar surface area (TPSA) is 285 Å². The quantitative estimate of drug-likeness (QED) is 0.0119. The molecule has 31 heteroatoms. The monoisotopic (exact) mass is 1930 g/mol. The van der Waals surface area contributed by atoms with E-state index < -0.39 is 36.4 Å². The normalized spacial score (nSPS) is 12.7.